The van der Waals surface area contributed by atoms with Crippen molar-refractivity contribution >= 4 is 5.78 Å². The van der Waals surface area contributed by atoms with Gasteiger partial charge in [-0.3, -0.25) is 4.79 Å². The van der Waals surface area contributed by atoms with Crippen molar-refractivity contribution in [3.63, 3.8) is 0 Å². The van der Waals surface area contributed by atoms with Crippen molar-refractivity contribution in [1.82, 2.24) is 0 Å². The van der Waals surface area contributed by atoms with Crippen molar-refractivity contribution in [2.45, 2.75) is 39.0 Å². The number of ketones is 1. The Morgan fingerprint density at radius 2 is 1.92 bits per heavy atom. The predicted octanol–water partition coefficient (Wildman–Crippen LogP) is 1.73. The first-order chi connectivity index (χ1) is 5.77. The molecular formula is C10H19NO. The molecule has 0 bridgehead atoms. The van der Waals surface area contributed by atoms with Crippen LogP contribution in [0.1, 0.15) is 39.0 Å². The van der Waals surface area contributed by atoms with E-state index < -0.39 is 0 Å². The minimum absolute atomic E-state index is 0.238. The molecule has 0 aromatic heterocycles. The third kappa shape index (κ3) is 2.31. The summed E-state index contributed by atoms with van der Waals surface area (Å²) in [6, 6.07) is 0. The lowest BCUT2D eigenvalue weighted by atomic mass is 9.79. The Hall–Kier alpha value is -0.370. The second-order valence-corrected chi connectivity index (χ2v) is 3.80. The summed E-state index contributed by atoms with van der Waals surface area (Å²) < 4.78 is 0. The Morgan fingerprint density at radius 3 is 2.33 bits per heavy atom. The van der Waals surface area contributed by atoms with Crippen LogP contribution in [0.3, 0.4) is 0 Å². The second-order valence-electron chi connectivity index (χ2n) is 3.80. The van der Waals surface area contributed by atoms with Gasteiger partial charge in [0, 0.05) is 5.92 Å². The topological polar surface area (TPSA) is 43.1 Å². The van der Waals surface area contributed by atoms with Gasteiger partial charge in [0.25, 0.3) is 0 Å². The molecule has 1 aliphatic rings. The van der Waals surface area contributed by atoms with E-state index in [4.69, 9.17) is 5.73 Å². The second kappa shape index (κ2) is 4.61. The molecule has 0 heterocycles. The lowest BCUT2D eigenvalue weighted by Crippen LogP contribution is -2.27. The number of rotatable bonds is 3. The summed E-state index contributed by atoms with van der Waals surface area (Å²) in [5.74, 6) is 1.43. The molecule has 1 saturated carbocycles. The molecule has 1 rings (SSSR count). The first kappa shape index (κ1) is 9.72. The van der Waals surface area contributed by atoms with E-state index >= 15 is 0 Å². The van der Waals surface area contributed by atoms with Crippen LogP contribution in [0, 0.1) is 11.8 Å². The highest BCUT2D eigenvalue weighted by Crippen LogP contribution is 2.30. The highest BCUT2D eigenvalue weighted by molar-refractivity contribution is 5.82. The minimum Gasteiger partial charge on any atom is -0.324 e. The SMILES string of the molecule is CCC1CCC(C(=O)CN)CC1. The maximum absolute atomic E-state index is 11.2. The summed E-state index contributed by atoms with van der Waals surface area (Å²) >= 11 is 0. The summed E-state index contributed by atoms with van der Waals surface area (Å²) in [6.07, 6.45) is 5.88. The molecule has 1 aliphatic carbocycles. The quantitative estimate of drug-likeness (QED) is 0.699. The summed E-state index contributed by atoms with van der Waals surface area (Å²) in [5.41, 5.74) is 5.32. The molecule has 70 valence electrons. The van der Waals surface area contributed by atoms with Crippen molar-refractivity contribution in [3.05, 3.63) is 0 Å². The molecule has 0 radical (unpaired) electrons. The van der Waals surface area contributed by atoms with Gasteiger partial charge in [-0.05, 0) is 31.6 Å². The molecular weight excluding hydrogens is 150 g/mol. The molecule has 0 aliphatic heterocycles. The number of carbonyl (C=O) groups excluding carboxylic acids is 1. The highest BCUT2D eigenvalue weighted by atomic mass is 16.1. The zero-order valence-electron chi connectivity index (χ0n) is 7.88. The van der Waals surface area contributed by atoms with Crippen LogP contribution in [0.2, 0.25) is 0 Å². The van der Waals surface area contributed by atoms with Gasteiger partial charge in [-0.25, -0.2) is 0 Å². The average Bonchev–Trinajstić information content (AvgIpc) is 2.17. The van der Waals surface area contributed by atoms with E-state index in [1.165, 1.54) is 19.3 Å². The lowest BCUT2D eigenvalue weighted by Gasteiger charge is -2.26. The zero-order chi connectivity index (χ0) is 8.97. The molecule has 2 heteroatoms. The van der Waals surface area contributed by atoms with Crippen molar-refractivity contribution < 1.29 is 4.79 Å². The fourth-order valence-corrected chi connectivity index (χ4v) is 2.06. The van der Waals surface area contributed by atoms with Gasteiger partial charge in [0.15, 0.2) is 0 Å². The molecule has 0 amide bonds. The molecule has 0 unspecified atom stereocenters. The van der Waals surface area contributed by atoms with Crippen LogP contribution in [0.5, 0.6) is 0 Å². The number of nitrogens with two attached hydrogens (primary N) is 1. The third-order valence-corrected chi connectivity index (χ3v) is 3.08. The Kier molecular flexibility index (Phi) is 3.73. The zero-order valence-corrected chi connectivity index (χ0v) is 7.88. The molecule has 2 N–H and O–H groups in total. The summed E-state index contributed by atoms with van der Waals surface area (Å²) in [5, 5.41) is 0. The molecule has 0 atom stereocenters. The number of Topliss-reactive ketones (excluding diaryl/α,β-unsaturated/α-hetero) is 1. The van der Waals surface area contributed by atoms with E-state index in [1.54, 1.807) is 0 Å². The summed E-state index contributed by atoms with van der Waals surface area (Å²) in [7, 11) is 0. The summed E-state index contributed by atoms with van der Waals surface area (Å²) in [4.78, 5) is 11.2. The predicted molar refractivity (Wildman–Crippen MR) is 49.8 cm³/mol. The van der Waals surface area contributed by atoms with Crippen LogP contribution >= 0.6 is 0 Å². The van der Waals surface area contributed by atoms with E-state index in [1.807, 2.05) is 0 Å². The van der Waals surface area contributed by atoms with Crippen LogP contribution in [-0.4, -0.2) is 12.3 Å². The molecule has 1 fully saturated rings. The molecule has 2 nitrogen and oxygen atoms in total. The maximum atomic E-state index is 11.2. The van der Waals surface area contributed by atoms with Crippen LogP contribution in [0.25, 0.3) is 0 Å². The lowest BCUT2D eigenvalue weighted by molar-refractivity contribution is -0.122. The Balaban J connectivity index is 2.30. The highest BCUT2D eigenvalue weighted by Gasteiger charge is 2.23. The van der Waals surface area contributed by atoms with Gasteiger partial charge in [0.1, 0.15) is 5.78 Å². The van der Waals surface area contributed by atoms with Crippen molar-refractivity contribution in [2.24, 2.45) is 17.6 Å². The van der Waals surface area contributed by atoms with Crippen molar-refractivity contribution in [1.29, 1.82) is 0 Å². The normalized spacial score (nSPS) is 30.2. The standard InChI is InChI=1S/C10H19NO/c1-2-8-3-5-9(6-4-8)10(12)7-11/h8-9H,2-7,11H2,1H3. The number of hydrogen-bond donors (Lipinski definition) is 1. The third-order valence-electron chi connectivity index (χ3n) is 3.08. The van der Waals surface area contributed by atoms with E-state index in [0.717, 1.165) is 18.8 Å². The van der Waals surface area contributed by atoms with E-state index in [9.17, 15) is 4.79 Å². The molecule has 0 aromatic rings. The van der Waals surface area contributed by atoms with Gasteiger partial charge < -0.3 is 5.73 Å². The fourth-order valence-electron chi connectivity index (χ4n) is 2.06. The van der Waals surface area contributed by atoms with E-state index in [2.05, 4.69) is 6.92 Å². The van der Waals surface area contributed by atoms with Crippen LogP contribution in [0.15, 0.2) is 0 Å². The van der Waals surface area contributed by atoms with Crippen molar-refractivity contribution in [3.8, 4) is 0 Å². The van der Waals surface area contributed by atoms with E-state index in [0.29, 0.717) is 0 Å². The Morgan fingerprint density at radius 1 is 1.33 bits per heavy atom. The van der Waals surface area contributed by atoms with Gasteiger partial charge >= 0.3 is 0 Å². The maximum Gasteiger partial charge on any atom is 0.149 e. The smallest absolute Gasteiger partial charge is 0.149 e. The number of hydrogen-bond acceptors (Lipinski definition) is 2. The Labute approximate surface area is 74.5 Å². The molecule has 0 spiro atoms. The number of carbonyl (C=O) groups is 1. The van der Waals surface area contributed by atoms with Gasteiger partial charge in [0.05, 0.1) is 6.54 Å². The summed E-state index contributed by atoms with van der Waals surface area (Å²) in [6.45, 7) is 2.47. The van der Waals surface area contributed by atoms with Gasteiger partial charge in [-0.2, -0.15) is 0 Å². The molecule has 0 aromatic carbocycles. The van der Waals surface area contributed by atoms with Crippen molar-refractivity contribution in [2.75, 3.05) is 6.54 Å². The molecule has 0 saturated heterocycles. The van der Waals surface area contributed by atoms with Crippen LogP contribution < -0.4 is 5.73 Å². The van der Waals surface area contributed by atoms with Crippen LogP contribution in [-0.2, 0) is 4.79 Å². The van der Waals surface area contributed by atoms with Gasteiger partial charge in [-0.1, -0.05) is 13.3 Å². The largest absolute Gasteiger partial charge is 0.324 e. The van der Waals surface area contributed by atoms with Crippen LogP contribution in [0.4, 0.5) is 0 Å². The monoisotopic (exact) mass is 169 g/mol. The fraction of sp³-hybridized carbons (Fsp3) is 0.900. The molecule has 12 heavy (non-hydrogen) atoms. The minimum atomic E-state index is 0.238. The average molecular weight is 169 g/mol. The Bertz CT molecular complexity index is 148. The van der Waals surface area contributed by atoms with Gasteiger partial charge in [-0.15, -0.1) is 0 Å². The van der Waals surface area contributed by atoms with Gasteiger partial charge in [0.2, 0.25) is 0 Å². The first-order valence-electron chi connectivity index (χ1n) is 5.00. The van der Waals surface area contributed by atoms with E-state index in [-0.39, 0.29) is 18.2 Å². The first-order valence-corrected chi connectivity index (χ1v) is 5.00.